The maximum absolute atomic E-state index is 13.2. The van der Waals surface area contributed by atoms with Crippen molar-refractivity contribution in [2.45, 2.75) is 19.8 Å². The topological polar surface area (TPSA) is 54.9 Å². The predicted octanol–water partition coefficient (Wildman–Crippen LogP) is 4.41. The number of anilines is 1. The summed E-state index contributed by atoms with van der Waals surface area (Å²) in [4.78, 5) is 20.5. The minimum absolute atomic E-state index is 0.0776. The van der Waals surface area contributed by atoms with E-state index in [9.17, 15) is 9.18 Å². The van der Waals surface area contributed by atoms with Gasteiger partial charge in [-0.1, -0.05) is 25.4 Å². The van der Waals surface area contributed by atoms with Gasteiger partial charge < -0.3 is 5.32 Å². The van der Waals surface area contributed by atoms with Crippen molar-refractivity contribution >= 4 is 39.1 Å². The Balaban J connectivity index is 2.27. The number of halogens is 3. The third-order valence-corrected chi connectivity index (χ3v) is 3.56. The largest absolute Gasteiger partial charge is 0.321 e. The van der Waals surface area contributed by atoms with E-state index in [0.717, 1.165) is 0 Å². The van der Waals surface area contributed by atoms with Gasteiger partial charge in [0.25, 0.3) is 5.91 Å². The molecule has 0 spiro atoms. The lowest BCUT2D eigenvalue weighted by molar-refractivity contribution is 0.102. The molecule has 0 saturated heterocycles. The molecule has 0 aliphatic carbocycles. The van der Waals surface area contributed by atoms with Crippen molar-refractivity contribution in [3.05, 3.63) is 51.2 Å². The highest BCUT2D eigenvalue weighted by Gasteiger charge is 2.16. The van der Waals surface area contributed by atoms with Crippen LogP contribution in [0.4, 0.5) is 10.1 Å². The van der Waals surface area contributed by atoms with Crippen molar-refractivity contribution in [2.24, 2.45) is 0 Å². The number of benzene rings is 1. The quantitative estimate of drug-likeness (QED) is 0.868. The van der Waals surface area contributed by atoms with E-state index in [1.54, 1.807) is 0 Å². The van der Waals surface area contributed by atoms with E-state index >= 15 is 0 Å². The van der Waals surface area contributed by atoms with E-state index in [1.807, 2.05) is 13.8 Å². The molecule has 0 fully saturated rings. The summed E-state index contributed by atoms with van der Waals surface area (Å²) in [5.74, 6) is -0.267. The molecule has 1 amide bonds. The van der Waals surface area contributed by atoms with Crippen LogP contribution in [0.3, 0.4) is 0 Å². The van der Waals surface area contributed by atoms with Crippen LogP contribution in [-0.2, 0) is 0 Å². The second-order valence-corrected chi connectivity index (χ2v) is 5.92. The lowest BCUT2D eigenvalue weighted by Gasteiger charge is -2.09. The van der Waals surface area contributed by atoms with Gasteiger partial charge in [-0.15, -0.1) is 0 Å². The Morgan fingerprint density at radius 3 is 2.76 bits per heavy atom. The number of aromatic nitrogens is 2. The standard InChI is InChI=1S/C14H12BrClFN3O/c1-7(2)13-18-6-10(16)12(20-13)14(21)19-8-3-4-11(17)9(15)5-8/h3-7H,1-2H3,(H,19,21). The predicted molar refractivity (Wildman–Crippen MR) is 83.2 cm³/mol. The van der Waals surface area contributed by atoms with Gasteiger partial charge in [0.1, 0.15) is 11.6 Å². The molecule has 0 atom stereocenters. The number of hydrogen-bond donors (Lipinski definition) is 1. The molecule has 1 heterocycles. The monoisotopic (exact) mass is 371 g/mol. The SMILES string of the molecule is CC(C)c1ncc(Cl)c(C(=O)Nc2ccc(F)c(Br)c2)n1. The first-order valence-electron chi connectivity index (χ1n) is 6.17. The van der Waals surface area contributed by atoms with Crippen LogP contribution >= 0.6 is 27.5 Å². The van der Waals surface area contributed by atoms with Gasteiger partial charge in [0.15, 0.2) is 5.69 Å². The molecule has 0 bridgehead atoms. The summed E-state index contributed by atoms with van der Waals surface area (Å²) in [7, 11) is 0. The Kier molecular flexibility index (Phi) is 4.90. The lowest BCUT2D eigenvalue weighted by atomic mass is 10.2. The summed E-state index contributed by atoms with van der Waals surface area (Å²) in [6.07, 6.45) is 1.40. The maximum atomic E-state index is 13.2. The van der Waals surface area contributed by atoms with Crippen molar-refractivity contribution in [1.82, 2.24) is 9.97 Å². The van der Waals surface area contributed by atoms with E-state index < -0.39 is 11.7 Å². The zero-order valence-electron chi connectivity index (χ0n) is 11.3. The summed E-state index contributed by atoms with van der Waals surface area (Å²) in [5, 5.41) is 2.79. The van der Waals surface area contributed by atoms with Gasteiger partial charge in [-0.25, -0.2) is 14.4 Å². The lowest BCUT2D eigenvalue weighted by Crippen LogP contribution is -2.16. The zero-order chi connectivity index (χ0) is 15.6. The van der Waals surface area contributed by atoms with E-state index in [-0.39, 0.29) is 21.1 Å². The summed E-state index contributed by atoms with van der Waals surface area (Å²) >= 11 is 9.02. The Labute approximate surface area is 134 Å². The summed E-state index contributed by atoms with van der Waals surface area (Å²) in [6, 6.07) is 4.17. The number of hydrogen-bond acceptors (Lipinski definition) is 3. The van der Waals surface area contributed by atoms with Crippen LogP contribution in [0.5, 0.6) is 0 Å². The van der Waals surface area contributed by atoms with Crippen LogP contribution in [0.1, 0.15) is 36.1 Å². The van der Waals surface area contributed by atoms with Crippen molar-refractivity contribution in [1.29, 1.82) is 0 Å². The van der Waals surface area contributed by atoms with Gasteiger partial charge in [0.05, 0.1) is 15.7 Å². The average molecular weight is 373 g/mol. The summed E-state index contributed by atoms with van der Waals surface area (Å²) in [6.45, 7) is 3.84. The first-order chi connectivity index (χ1) is 9.88. The van der Waals surface area contributed by atoms with Crippen molar-refractivity contribution in [3.8, 4) is 0 Å². The molecule has 0 aliphatic heterocycles. The molecule has 0 unspecified atom stereocenters. The van der Waals surface area contributed by atoms with Crippen LogP contribution in [0.2, 0.25) is 5.02 Å². The molecule has 110 valence electrons. The molecule has 4 nitrogen and oxygen atoms in total. The second-order valence-electron chi connectivity index (χ2n) is 4.66. The van der Waals surface area contributed by atoms with Gasteiger partial charge in [-0.05, 0) is 34.1 Å². The fourth-order valence-electron chi connectivity index (χ4n) is 1.58. The zero-order valence-corrected chi connectivity index (χ0v) is 13.7. The van der Waals surface area contributed by atoms with E-state index in [4.69, 9.17) is 11.6 Å². The minimum Gasteiger partial charge on any atom is -0.321 e. The first-order valence-corrected chi connectivity index (χ1v) is 7.34. The van der Waals surface area contributed by atoms with Crippen molar-refractivity contribution < 1.29 is 9.18 Å². The molecule has 2 rings (SSSR count). The van der Waals surface area contributed by atoms with Gasteiger partial charge >= 0.3 is 0 Å². The number of carbonyl (C=O) groups excluding carboxylic acids is 1. The molecule has 0 radical (unpaired) electrons. The molecule has 1 N–H and O–H groups in total. The Bertz CT molecular complexity index is 694. The fraction of sp³-hybridized carbons (Fsp3) is 0.214. The highest BCUT2D eigenvalue weighted by atomic mass is 79.9. The number of amides is 1. The molecule has 2 aromatic rings. The van der Waals surface area contributed by atoms with Crippen LogP contribution in [0.25, 0.3) is 0 Å². The Morgan fingerprint density at radius 1 is 1.43 bits per heavy atom. The first kappa shape index (κ1) is 15.9. The van der Waals surface area contributed by atoms with Crippen molar-refractivity contribution in [2.75, 3.05) is 5.32 Å². The van der Waals surface area contributed by atoms with Gasteiger partial charge in [0, 0.05) is 11.6 Å². The maximum Gasteiger partial charge on any atom is 0.275 e. The third kappa shape index (κ3) is 3.77. The van der Waals surface area contributed by atoms with Crippen LogP contribution in [0.15, 0.2) is 28.9 Å². The summed E-state index contributed by atoms with van der Waals surface area (Å²) in [5.41, 5.74) is 0.532. The molecule has 0 saturated carbocycles. The van der Waals surface area contributed by atoms with Crippen LogP contribution in [0, 0.1) is 5.82 Å². The summed E-state index contributed by atoms with van der Waals surface area (Å²) < 4.78 is 13.4. The normalized spacial score (nSPS) is 10.8. The third-order valence-electron chi connectivity index (χ3n) is 2.67. The van der Waals surface area contributed by atoms with Gasteiger partial charge in [-0.2, -0.15) is 0 Å². The highest BCUT2D eigenvalue weighted by molar-refractivity contribution is 9.10. The molecule has 1 aromatic carbocycles. The number of rotatable bonds is 3. The molecule has 0 aliphatic rings. The molecule has 7 heteroatoms. The van der Waals surface area contributed by atoms with E-state index in [0.29, 0.717) is 11.5 Å². The molecular formula is C14H12BrClFN3O. The highest BCUT2D eigenvalue weighted by Crippen LogP contribution is 2.22. The van der Waals surface area contributed by atoms with Crippen LogP contribution < -0.4 is 5.32 Å². The number of carbonyl (C=O) groups is 1. The Hall–Kier alpha value is -1.53. The second kappa shape index (κ2) is 6.49. The average Bonchev–Trinajstić information content (AvgIpc) is 2.43. The fourth-order valence-corrected chi connectivity index (χ4v) is 2.14. The smallest absolute Gasteiger partial charge is 0.275 e. The molecule has 21 heavy (non-hydrogen) atoms. The van der Waals surface area contributed by atoms with Crippen molar-refractivity contribution in [3.63, 3.8) is 0 Å². The minimum atomic E-state index is -0.470. The number of nitrogens with zero attached hydrogens (tertiary/aromatic N) is 2. The van der Waals surface area contributed by atoms with Gasteiger partial charge in [0.2, 0.25) is 0 Å². The van der Waals surface area contributed by atoms with Crippen LogP contribution in [-0.4, -0.2) is 15.9 Å². The van der Waals surface area contributed by atoms with E-state index in [2.05, 4.69) is 31.2 Å². The van der Waals surface area contributed by atoms with Gasteiger partial charge in [-0.3, -0.25) is 4.79 Å². The number of nitrogens with one attached hydrogen (secondary N) is 1. The Morgan fingerprint density at radius 2 is 2.14 bits per heavy atom. The molecular weight excluding hydrogens is 361 g/mol. The molecule has 1 aromatic heterocycles. The van der Waals surface area contributed by atoms with E-state index in [1.165, 1.54) is 24.4 Å².